The lowest BCUT2D eigenvalue weighted by molar-refractivity contribution is -0.126. The molecule has 2 fully saturated rings. The molecule has 2 amide bonds. The molecule has 1 atom stereocenters. The zero-order chi connectivity index (χ0) is 21.8. The molecule has 10 nitrogen and oxygen atoms in total. The lowest BCUT2D eigenvalue weighted by Gasteiger charge is -2.35. The molecule has 0 bridgehead atoms. The Morgan fingerprint density at radius 2 is 2.10 bits per heavy atom. The van der Waals surface area contributed by atoms with Crippen LogP contribution in [0.2, 0.25) is 0 Å². The van der Waals surface area contributed by atoms with E-state index in [0.29, 0.717) is 18.2 Å². The smallest absolute Gasteiger partial charge is 0.271 e. The number of carbonyl (C=O) groups excluding carboxylic acids is 2. The van der Waals surface area contributed by atoms with E-state index in [9.17, 15) is 9.59 Å². The van der Waals surface area contributed by atoms with Gasteiger partial charge in [-0.15, -0.1) is 0 Å². The molecule has 0 saturated carbocycles. The Balaban J connectivity index is 1.46. The van der Waals surface area contributed by atoms with Crippen LogP contribution >= 0.6 is 11.5 Å². The average Bonchev–Trinajstić information content (AvgIpc) is 3.19. The lowest BCUT2D eigenvalue weighted by atomic mass is 9.96. The van der Waals surface area contributed by atoms with Crippen molar-refractivity contribution in [3.8, 4) is 0 Å². The third-order valence-electron chi connectivity index (χ3n) is 5.66. The molecular weight excluding hydrogens is 416 g/mol. The number of rotatable bonds is 6. The summed E-state index contributed by atoms with van der Waals surface area (Å²) in [5, 5.41) is 10.4. The topological polar surface area (TPSA) is 138 Å². The summed E-state index contributed by atoms with van der Waals surface area (Å²) in [6, 6.07) is 1.94. The molecule has 31 heavy (non-hydrogen) atoms. The molecule has 2 aliphatic rings. The molecule has 4 rings (SSSR count). The van der Waals surface area contributed by atoms with Gasteiger partial charge in [-0.05, 0) is 63.3 Å². The third kappa shape index (κ3) is 5.28. The summed E-state index contributed by atoms with van der Waals surface area (Å²) in [4.78, 5) is 35.5. The van der Waals surface area contributed by atoms with E-state index in [2.05, 4.69) is 35.2 Å². The van der Waals surface area contributed by atoms with Gasteiger partial charge >= 0.3 is 0 Å². The molecule has 166 valence electrons. The fourth-order valence-electron chi connectivity index (χ4n) is 4.05. The maximum Gasteiger partial charge on any atom is 0.271 e. The van der Waals surface area contributed by atoms with Crippen molar-refractivity contribution in [3.63, 3.8) is 0 Å². The summed E-state index contributed by atoms with van der Waals surface area (Å²) in [5.74, 6) is 0.550. The summed E-state index contributed by atoms with van der Waals surface area (Å²) >= 11 is 1.28. The Bertz CT molecular complexity index is 943. The number of hydrogen-bond acceptors (Lipinski definition) is 9. The van der Waals surface area contributed by atoms with Crippen molar-refractivity contribution in [2.45, 2.75) is 38.6 Å². The predicted octanol–water partition coefficient (Wildman–Crippen LogP) is 1.17. The highest BCUT2D eigenvalue weighted by atomic mass is 32.1. The van der Waals surface area contributed by atoms with Crippen LogP contribution in [0.1, 0.15) is 41.9 Å². The monoisotopic (exact) mass is 444 g/mol. The summed E-state index contributed by atoms with van der Waals surface area (Å²) in [5.41, 5.74) is 6.45. The third-order valence-corrected chi connectivity index (χ3v) is 6.46. The van der Waals surface area contributed by atoms with Gasteiger partial charge in [0, 0.05) is 25.0 Å². The summed E-state index contributed by atoms with van der Waals surface area (Å²) < 4.78 is 4.24. The molecule has 11 heteroatoms. The van der Waals surface area contributed by atoms with Crippen molar-refractivity contribution in [2.75, 3.05) is 36.4 Å². The van der Waals surface area contributed by atoms with Crippen LogP contribution in [0.5, 0.6) is 0 Å². The normalized spacial score (nSPS) is 19.8. The minimum absolute atomic E-state index is 0.0642. The number of primary amides is 1. The minimum Gasteiger partial charge on any atom is -0.364 e. The Hall–Kier alpha value is -2.79. The van der Waals surface area contributed by atoms with E-state index < -0.39 is 5.91 Å². The van der Waals surface area contributed by atoms with Crippen LogP contribution in [0.25, 0.3) is 0 Å². The van der Waals surface area contributed by atoms with E-state index in [0.717, 1.165) is 56.0 Å². The quantitative estimate of drug-likeness (QED) is 0.521. The van der Waals surface area contributed by atoms with E-state index in [4.69, 9.17) is 5.73 Å². The second kappa shape index (κ2) is 9.56. The number of nitrogens with one attached hydrogen (secondary N) is 3. The van der Waals surface area contributed by atoms with Crippen molar-refractivity contribution in [1.82, 2.24) is 25.0 Å². The van der Waals surface area contributed by atoms with Crippen LogP contribution in [-0.2, 0) is 4.79 Å². The lowest BCUT2D eigenvalue weighted by Crippen LogP contribution is -2.50. The maximum absolute atomic E-state index is 12.6. The van der Waals surface area contributed by atoms with Crippen LogP contribution in [-0.4, -0.2) is 58.4 Å². The molecule has 2 aliphatic heterocycles. The van der Waals surface area contributed by atoms with Gasteiger partial charge in [0.15, 0.2) is 11.5 Å². The predicted molar refractivity (Wildman–Crippen MR) is 120 cm³/mol. The number of nitrogens with two attached hydrogens (primary N) is 1. The van der Waals surface area contributed by atoms with Gasteiger partial charge in [-0.1, -0.05) is 0 Å². The molecular formula is C20H28N8O2S. The number of hydrogen-bond donors (Lipinski definition) is 4. The molecule has 1 unspecified atom stereocenters. The van der Waals surface area contributed by atoms with E-state index in [-0.39, 0.29) is 23.6 Å². The van der Waals surface area contributed by atoms with Crippen molar-refractivity contribution in [1.29, 1.82) is 0 Å². The van der Waals surface area contributed by atoms with Crippen LogP contribution in [0.15, 0.2) is 12.3 Å². The molecule has 2 saturated heterocycles. The standard InChI is InChI=1S/C20H28N8O2S/c1-12-9-16(31-27-12)26-19-17(18(21)29)23-10-15(25-19)28-8-2-3-14(11-28)24-20(30)13-4-6-22-7-5-13/h9-10,13-14,22H,2-8,11H2,1H3,(H2,21,29)(H,24,30)(H,25,26). The molecule has 4 heterocycles. The molecule has 0 aliphatic carbocycles. The number of anilines is 3. The number of nitrogens with zero attached hydrogens (tertiary/aromatic N) is 4. The first-order valence-electron chi connectivity index (χ1n) is 10.6. The Kier molecular flexibility index (Phi) is 6.62. The SMILES string of the molecule is Cc1cc(Nc2nc(N3CCCC(NC(=O)C4CCNCC4)C3)cnc2C(N)=O)sn1. The molecule has 0 spiro atoms. The molecule has 2 aromatic rings. The zero-order valence-corrected chi connectivity index (χ0v) is 18.4. The first-order valence-corrected chi connectivity index (χ1v) is 11.4. The van der Waals surface area contributed by atoms with Crippen molar-refractivity contribution >= 4 is 40.0 Å². The minimum atomic E-state index is -0.645. The number of carbonyl (C=O) groups is 2. The van der Waals surface area contributed by atoms with Gasteiger partial charge in [-0.25, -0.2) is 9.97 Å². The van der Waals surface area contributed by atoms with E-state index in [1.54, 1.807) is 6.20 Å². The second-order valence-electron chi connectivity index (χ2n) is 8.07. The largest absolute Gasteiger partial charge is 0.364 e. The van der Waals surface area contributed by atoms with Crippen LogP contribution in [0.4, 0.5) is 16.6 Å². The van der Waals surface area contributed by atoms with Gasteiger partial charge in [0.1, 0.15) is 10.8 Å². The summed E-state index contributed by atoms with van der Waals surface area (Å²) in [6.45, 7) is 5.14. The first-order chi connectivity index (χ1) is 15.0. The van der Waals surface area contributed by atoms with E-state index >= 15 is 0 Å². The molecule has 5 N–H and O–H groups in total. The van der Waals surface area contributed by atoms with Gasteiger partial charge < -0.3 is 26.6 Å². The second-order valence-corrected chi connectivity index (χ2v) is 8.87. The summed E-state index contributed by atoms with van der Waals surface area (Å²) in [7, 11) is 0. The van der Waals surface area contributed by atoms with Crippen molar-refractivity contribution in [2.24, 2.45) is 11.7 Å². The van der Waals surface area contributed by atoms with E-state index in [1.165, 1.54) is 11.5 Å². The van der Waals surface area contributed by atoms with Gasteiger partial charge in [0.2, 0.25) is 5.91 Å². The molecule has 2 aromatic heterocycles. The average molecular weight is 445 g/mol. The van der Waals surface area contributed by atoms with Gasteiger partial charge in [-0.3, -0.25) is 9.59 Å². The van der Waals surface area contributed by atoms with Gasteiger partial charge in [0.25, 0.3) is 5.91 Å². The highest BCUT2D eigenvalue weighted by Crippen LogP contribution is 2.25. The van der Waals surface area contributed by atoms with Crippen molar-refractivity contribution < 1.29 is 9.59 Å². The number of aryl methyl sites for hydroxylation is 1. The van der Waals surface area contributed by atoms with Gasteiger partial charge in [-0.2, -0.15) is 4.37 Å². The number of amides is 2. The van der Waals surface area contributed by atoms with Crippen molar-refractivity contribution in [3.05, 3.63) is 23.7 Å². The Labute approximate surface area is 185 Å². The number of aromatic nitrogens is 3. The number of piperidine rings is 2. The van der Waals surface area contributed by atoms with Crippen LogP contribution < -0.4 is 26.6 Å². The summed E-state index contributed by atoms with van der Waals surface area (Å²) in [6.07, 6.45) is 5.21. The highest BCUT2D eigenvalue weighted by Gasteiger charge is 2.27. The van der Waals surface area contributed by atoms with Gasteiger partial charge in [0.05, 0.1) is 11.9 Å². The highest BCUT2D eigenvalue weighted by molar-refractivity contribution is 7.10. The molecule has 0 radical (unpaired) electrons. The van der Waals surface area contributed by atoms with Crippen LogP contribution in [0.3, 0.4) is 0 Å². The zero-order valence-electron chi connectivity index (χ0n) is 17.6. The Morgan fingerprint density at radius 1 is 1.29 bits per heavy atom. The Morgan fingerprint density at radius 3 is 2.81 bits per heavy atom. The fraction of sp³-hybridized carbons (Fsp3) is 0.550. The van der Waals surface area contributed by atoms with E-state index in [1.807, 2.05) is 13.0 Å². The molecule has 0 aromatic carbocycles. The maximum atomic E-state index is 12.6. The first kappa shape index (κ1) is 21.4. The van der Waals surface area contributed by atoms with Crippen LogP contribution in [0, 0.1) is 12.8 Å². The fourth-order valence-corrected chi connectivity index (χ4v) is 4.71.